The van der Waals surface area contributed by atoms with Crippen LogP contribution in [-0.2, 0) is 9.53 Å². The molecule has 0 saturated carbocycles. The molecule has 0 aromatic carbocycles. The smallest absolute Gasteiger partial charge is 0.234 e. The van der Waals surface area contributed by atoms with Gasteiger partial charge in [0.25, 0.3) is 0 Å². The van der Waals surface area contributed by atoms with E-state index in [9.17, 15) is 4.79 Å². The van der Waals surface area contributed by atoms with Crippen molar-refractivity contribution >= 4 is 5.91 Å². The summed E-state index contributed by atoms with van der Waals surface area (Å²) in [7, 11) is 2.07. The van der Waals surface area contributed by atoms with Crippen molar-refractivity contribution in [3.63, 3.8) is 0 Å². The number of hydrogen-bond acceptors (Lipinski definition) is 4. The van der Waals surface area contributed by atoms with Crippen molar-refractivity contribution in [3.8, 4) is 0 Å². The molecule has 0 aromatic heterocycles. The molecule has 2 N–H and O–H groups in total. The normalized spacial score (nSPS) is 17.4. The molecule has 1 rings (SSSR count). The van der Waals surface area contributed by atoms with Crippen molar-refractivity contribution in [3.05, 3.63) is 0 Å². The van der Waals surface area contributed by atoms with Gasteiger partial charge in [0.05, 0.1) is 6.54 Å². The van der Waals surface area contributed by atoms with Crippen molar-refractivity contribution in [2.24, 2.45) is 0 Å². The van der Waals surface area contributed by atoms with Crippen molar-refractivity contribution in [2.45, 2.75) is 25.8 Å². The molecule has 0 spiro atoms. The SMILES string of the molecule is CCN(C)CCNCC(=O)NC1CCOCC1. The highest BCUT2D eigenvalue weighted by Gasteiger charge is 2.15. The summed E-state index contributed by atoms with van der Waals surface area (Å²) in [6.07, 6.45) is 1.87. The van der Waals surface area contributed by atoms with Crippen molar-refractivity contribution in [2.75, 3.05) is 46.4 Å². The van der Waals surface area contributed by atoms with E-state index in [1.807, 2.05) is 0 Å². The molecule has 100 valence electrons. The van der Waals surface area contributed by atoms with Crippen LogP contribution in [0.25, 0.3) is 0 Å². The first-order chi connectivity index (χ1) is 8.22. The van der Waals surface area contributed by atoms with Gasteiger partial charge in [-0.05, 0) is 26.4 Å². The van der Waals surface area contributed by atoms with Crippen LogP contribution in [0, 0.1) is 0 Å². The lowest BCUT2D eigenvalue weighted by Gasteiger charge is -2.23. The Morgan fingerprint density at radius 3 is 2.76 bits per heavy atom. The van der Waals surface area contributed by atoms with E-state index in [1.54, 1.807) is 0 Å². The number of hydrogen-bond donors (Lipinski definition) is 2. The summed E-state index contributed by atoms with van der Waals surface area (Å²) < 4.78 is 5.25. The molecular formula is C12H25N3O2. The second-order valence-electron chi connectivity index (χ2n) is 4.53. The Labute approximate surface area is 104 Å². The molecule has 17 heavy (non-hydrogen) atoms. The quantitative estimate of drug-likeness (QED) is 0.609. The predicted octanol–water partition coefficient (Wildman–Crippen LogP) is -0.177. The number of amides is 1. The van der Waals surface area contributed by atoms with Crippen molar-refractivity contribution < 1.29 is 9.53 Å². The zero-order valence-electron chi connectivity index (χ0n) is 11.0. The van der Waals surface area contributed by atoms with E-state index in [0.717, 1.165) is 45.7 Å². The largest absolute Gasteiger partial charge is 0.381 e. The highest BCUT2D eigenvalue weighted by molar-refractivity contribution is 5.78. The van der Waals surface area contributed by atoms with Gasteiger partial charge in [0.15, 0.2) is 0 Å². The molecule has 0 aromatic rings. The minimum Gasteiger partial charge on any atom is -0.381 e. The lowest BCUT2D eigenvalue weighted by molar-refractivity contribution is -0.121. The number of nitrogens with zero attached hydrogens (tertiary/aromatic N) is 1. The summed E-state index contributed by atoms with van der Waals surface area (Å²) in [5.74, 6) is 0.0936. The lowest BCUT2D eigenvalue weighted by atomic mass is 10.1. The van der Waals surface area contributed by atoms with Gasteiger partial charge in [-0.3, -0.25) is 4.79 Å². The molecule has 1 amide bonds. The summed E-state index contributed by atoms with van der Waals surface area (Å²) >= 11 is 0. The van der Waals surface area contributed by atoms with Gasteiger partial charge in [-0.2, -0.15) is 0 Å². The Balaban J connectivity index is 2.00. The van der Waals surface area contributed by atoms with Gasteiger partial charge in [0.1, 0.15) is 0 Å². The topological polar surface area (TPSA) is 53.6 Å². The molecule has 0 bridgehead atoms. The third-order valence-corrected chi connectivity index (χ3v) is 3.08. The van der Waals surface area contributed by atoms with E-state index in [4.69, 9.17) is 4.74 Å². The minimum absolute atomic E-state index is 0.0936. The molecular weight excluding hydrogens is 218 g/mol. The van der Waals surface area contributed by atoms with Gasteiger partial charge in [0.2, 0.25) is 5.91 Å². The van der Waals surface area contributed by atoms with Crippen LogP contribution < -0.4 is 10.6 Å². The predicted molar refractivity (Wildman–Crippen MR) is 68.0 cm³/mol. The zero-order chi connectivity index (χ0) is 12.5. The van der Waals surface area contributed by atoms with Gasteiger partial charge < -0.3 is 20.3 Å². The first kappa shape index (κ1) is 14.4. The Hall–Kier alpha value is -0.650. The van der Waals surface area contributed by atoms with Crippen LogP contribution in [0.4, 0.5) is 0 Å². The third kappa shape index (κ3) is 6.61. The van der Waals surface area contributed by atoms with E-state index >= 15 is 0 Å². The van der Waals surface area contributed by atoms with Gasteiger partial charge in [-0.25, -0.2) is 0 Å². The van der Waals surface area contributed by atoms with E-state index in [-0.39, 0.29) is 5.91 Å². The molecule has 5 heteroatoms. The van der Waals surface area contributed by atoms with Crippen LogP contribution in [0.1, 0.15) is 19.8 Å². The van der Waals surface area contributed by atoms with Gasteiger partial charge in [0, 0.05) is 32.3 Å². The van der Waals surface area contributed by atoms with E-state index in [2.05, 4.69) is 29.5 Å². The van der Waals surface area contributed by atoms with Crippen LogP contribution >= 0.6 is 0 Å². The van der Waals surface area contributed by atoms with E-state index in [1.165, 1.54) is 0 Å². The molecule has 1 heterocycles. The number of carbonyl (C=O) groups excluding carboxylic acids is 1. The maximum absolute atomic E-state index is 11.6. The molecule has 0 unspecified atom stereocenters. The lowest BCUT2D eigenvalue weighted by Crippen LogP contribution is -2.44. The minimum atomic E-state index is 0.0936. The fraction of sp³-hybridized carbons (Fsp3) is 0.917. The summed E-state index contributed by atoms with van der Waals surface area (Å²) in [5, 5.41) is 6.18. The second-order valence-corrected chi connectivity index (χ2v) is 4.53. The molecule has 1 aliphatic rings. The summed E-state index contributed by atoms with van der Waals surface area (Å²) in [4.78, 5) is 13.8. The molecule has 1 aliphatic heterocycles. The molecule has 0 aliphatic carbocycles. The molecule has 1 fully saturated rings. The van der Waals surface area contributed by atoms with Crippen molar-refractivity contribution in [1.29, 1.82) is 0 Å². The van der Waals surface area contributed by atoms with Crippen LogP contribution in [0.2, 0.25) is 0 Å². The average Bonchev–Trinajstić information content (AvgIpc) is 2.35. The molecule has 1 saturated heterocycles. The first-order valence-electron chi connectivity index (χ1n) is 6.48. The van der Waals surface area contributed by atoms with Gasteiger partial charge in [-0.1, -0.05) is 6.92 Å². The van der Waals surface area contributed by atoms with Crippen LogP contribution in [0.3, 0.4) is 0 Å². The fourth-order valence-corrected chi connectivity index (χ4v) is 1.75. The molecule has 5 nitrogen and oxygen atoms in total. The van der Waals surface area contributed by atoms with Crippen molar-refractivity contribution in [1.82, 2.24) is 15.5 Å². The Morgan fingerprint density at radius 1 is 1.41 bits per heavy atom. The fourth-order valence-electron chi connectivity index (χ4n) is 1.75. The van der Waals surface area contributed by atoms with Crippen LogP contribution in [0.5, 0.6) is 0 Å². The average molecular weight is 243 g/mol. The number of likely N-dealkylation sites (N-methyl/N-ethyl adjacent to an activating group) is 1. The first-order valence-corrected chi connectivity index (χ1v) is 6.48. The van der Waals surface area contributed by atoms with E-state index in [0.29, 0.717) is 12.6 Å². The number of rotatable bonds is 7. The zero-order valence-corrected chi connectivity index (χ0v) is 11.0. The molecule has 0 radical (unpaired) electrons. The number of carbonyl (C=O) groups is 1. The highest BCUT2D eigenvalue weighted by atomic mass is 16.5. The van der Waals surface area contributed by atoms with E-state index < -0.39 is 0 Å². The number of ether oxygens (including phenoxy) is 1. The monoisotopic (exact) mass is 243 g/mol. The maximum atomic E-state index is 11.6. The van der Waals surface area contributed by atoms with Gasteiger partial charge >= 0.3 is 0 Å². The summed E-state index contributed by atoms with van der Waals surface area (Å²) in [5.41, 5.74) is 0. The standard InChI is InChI=1S/C12H25N3O2/c1-3-15(2)7-6-13-10-12(16)14-11-4-8-17-9-5-11/h11,13H,3-10H2,1-2H3,(H,14,16). The third-order valence-electron chi connectivity index (χ3n) is 3.08. The Morgan fingerprint density at radius 2 is 2.12 bits per heavy atom. The Kier molecular flexibility index (Phi) is 7.16. The van der Waals surface area contributed by atoms with Crippen LogP contribution in [-0.4, -0.2) is 63.3 Å². The summed E-state index contributed by atoms with van der Waals surface area (Å²) in [6, 6.07) is 0.302. The number of nitrogens with one attached hydrogen (secondary N) is 2. The summed E-state index contributed by atoms with van der Waals surface area (Å²) in [6.45, 7) is 6.93. The van der Waals surface area contributed by atoms with Crippen LogP contribution in [0.15, 0.2) is 0 Å². The maximum Gasteiger partial charge on any atom is 0.234 e. The van der Waals surface area contributed by atoms with Gasteiger partial charge in [-0.15, -0.1) is 0 Å². The second kappa shape index (κ2) is 8.44. The highest BCUT2D eigenvalue weighted by Crippen LogP contribution is 2.05. The Bertz CT molecular complexity index is 218. The molecule has 0 atom stereocenters.